The molecular formula is C21H19F3O5. The molecule has 3 rings (SSSR count). The highest BCUT2D eigenvalue weighted by Crippen LogP contribution is 2.40. The van der Waals surface area contributed by atoms with Crippen molar-refractivity contribution in [1.82, 2.24) is 0 Å². The van der Waals surface area contributed by atoms with E-state index in [1.165, 1.54) is 30.3 Å². The van der Waals surface area contributed by atoms with Gasteiger partial charge in [-0.25, -0.2) is 0 Å². The van der Waals surface area contributed by atoms with Gasteiger partial charge in [0, 0.05) is 6.07 Å². The molecule has 0 radical (unpaired) electrons. The highest BCUT2D eigenvalue weighted by molar-refractivity contribution is 5.79. The van der Waals surface area contributed by atoms with Crippen molar-refractivity contribution in [2.24, 2.45) is 0 Å². The lowest BCUT2D eigenvalue weighted by Crippen LogP contribution is -2.15. The van der Waals surface area contributed by atoms with Crippen molar-refractivity contribution in [2.45, 2.75) is 26.4 Å². The quantitative estimate of drug-likeness (QED) is 0.495. The van der Waals surface area contributed by atoms with Crippen LogP contribution in [0.3, 0.4) is 0 Å². The summed E-state index contributed by atoms with van der Waals surface area (Å²) in [6.45, 7) is 4.28. The third-order valence-corrected chi connectivity index (χ3v) is 3.91. The van der Waals surface area contributed by atoms with E-state index >= 15 is 0 Å². The van der Waals surface area contributed by atoms with E-state index in [1.807, 2.05) is 6.92 Å². The van der Waals surface area contributed by atoms with Gasteiger partial charge < -0.3 is 18.6 Å². The van der Waals surface area contributed by atoms with Gasteiger partial charge in [0.1, 0.15) is 11.3 Å². The van der Waals surface area contributed by atoms with Crippen LogP contribution in [0.5, 0.6) is 23.0 Å². The summed E-state index contributed by atoms with van der Waals surface area (Å²) in [6.07, 6.45) is -4.22. The van der Waals surface area contributed by atoms with Gasteiger partial charge >= 0.3 is 6.18 Å². The molecule has 3 aromatic rings. The maximum atomic E-state index is 13.6. The molecule has 0 aliphatic rings. The first-order chi connectivity index (χ1) is 13.8. The molecule has 154 valence electrons. The van der Waals surface area contributed by atoms with Crippen LogP contribution in [0, 0.1) is 0 Å². The topological polar surface area (TPSA) is 57.9 Å². The number of hydrogen-bond donors (Lipinski definition) is 0. The zero-order valence-corrected chi connectivity index (χ0v) is 15.8. The Kier molecular flexibility index (Phi) is 6.00. The maximum absolute atomic E-state index is 13.6. The fourth-order valence-corrected chi connectivity index (χ4v) is 2.66. The number of alkyl halides is 3. The molecule has 8 heteroatoms. The molecule has 0 saturated heterocycles. The highest BCUT2D eigenvalue weighted by Gasteiger charge is 2.40. The Balaban J connectivity index is 2.15. The fraction of sp³-hybridized carbons (Fsp3) is 0.286. The monoisotopic (exact) mass is 408 g/mol. The number of rotatable bonds is 7. The van der Waals surface area contributed by atoms with Gasteiger partial charge in [-0.15, -0.1) is 0 Å². The van der Waals surface area contributed by atoms with Crippen molar-refractivity contribution < 1.29 is 31.8 Å². The second-order valence-corrected chi connectivity index (χ2v) is 6.08. The van der Waals surface area contributed by atoms with E-state index in [4.69, 9.17) is 18.6 Å². The molecule has 5 nitrogen and oxygen atoms in total. The van der Waals surface area contributed by atoms with Gasteiger partial charge in [-0.05, 0) is 37.6 Å². The predicted octanol–water partition coefficient (Wildman–Crippen LogP) is 5.79. The number of ether oxygens (including phenoxy) is 3. The molecule has 1 aromatic heterocycles. The number of para-hydroxylation sites is 2. The first-order valence-electron chi connectivity index (χ1n) is 9.05. The Labute approximate surface area is 164 Å². The van der Waals surface area contributed by atoms with Crippen LogP contribution in [-0.2, 0) is 6.18 Å². The zero-order chi connectivity index (χ0) is 21.0. The number of halogens is 3. The molecule has 29 heavy (non-hydrogen) atoms. The van der Waals surface area contributed by atoms with Crippen molar-refractivity contribution in [1.29, 1.82) is 0 Å². The second-order valence-electron chi connectivity index (χ2n) is 6.08. The van der Waals surface area contributed by atoms with Crippen LogP contribution in [0.25, 0.3) is 11.0 Å². The molecule has 2 aromatic carbocycles. The summed E-state index contributed by atoms with van der Waals surface area (Å²) < 4.78 is 62.1. The van der Waals surface area contributed by atoms with E-state index in [2.05, 4.69) is 0 Å². The number of benzene rings is 2. The molecule has 1 heterocycles. The lowest BCUT2D eigenvalue weighted by atomic mass is 10.2. The van der Waals surface area contributed by atoms with Gasteiger partial charge in [0.15, 0.2) is 11.5 Å². The largest absolute Gasteiger partial charge is 0.493 e. The normalized spacial score (nSPS) is 11.5. The predicted molar refractivity (Wildman–Crippen MR) is 101 cm³/mol. The number of fused-ring (bicyclic) bond motifs is 1. The summed E-state index contributed by atoms with van der Waals surface area (Å²) in [5.74, 6) is -1.96. The molecule has 0 aliphatic carbocycles. The van der Waals surface area contributed by atoms with Crippen LogP contribution in [0.15, 0.2) is 51.7 Å². The maximum Gasteiger partial charge on any atom is 0.453 e. The minimum absolute atomic E-state index is 0.0191. The van der Waals surface area contributed by atoms with Gasteiger partial charge in [-0.1, -0.05) is 19.1 Å². The minimum atomic E-state index is -4.94. The lowest BCUT2D eigenvalue weighted by molar-refractivity contribution is -0.154. The summed E-state index contributed by atoms with van der Waals surface area (Å²) in [6, 6.07) is 10.3. The molecule has 0 atom stereocenters. The Morgan fingerprint density at radius 1 is 1.00 bits per heavy atom. The molecule has 0 N–H and O–H groups in total. The Bertz CT molecular complexity index is 1060. The Hall–Kier alpha value is -3.16. The van der Waals surface area contributed by atoms with E-state index in [1.54, 1.807) is 19.1 Å². The first-order valence-corrected chi connectivity index (χ1v) is 9.05. The molecule has 0 unspecified atom stereocenters. The van der Waals surface area contributed by atoms with Crippen LogP contribution in [0.1, 0.15) is 26.0 Å². The van der Waals surface area contributed by atoms with Crippen molar-refractivity contribution in [3.63, 3.8) is 0 Å². The third-order valence-electron chi connectivity index (χ3n) is 3.91. The number of hydrogen-bond acceptors (Lipinski definition) is 5. The van der Waals surface area contributed by atoms with Gasteiger partial charge in [0.25, 0.3) is 5.76 Å². The van der Waals surface area contributed by atoms with E-state index < -0.39 is 23.1 Å². The van der Waals surface area contributed by atoms with Crippen molar-refractivity contribution in [3.05, 3.63) is 58.4 Å². The molecule has 0 amide bonds. The summed E-state index contributed by atoms with van der Waals surface area (Å²) in [4.78, 5) is 12.8. The summed E-state index contributed by atoms with van der Waals surface area (Å²) in [5, 5.41) is -0.0502. The van der Waals surface area contributed by atoms with Gasteiger partial charge in [-0.3, -0.25) is 4.79 Å². The molecule has 0 spiro atoms. The second kappa shape index (κ2) is 8.46. The molecule has 0 fully saturated rings. The molecule has 0 bridgehead atoms. The average Bonchev–Trinajstić information content (AvgIpc) is 2.69. The fourth-order valence-electron chi connectivity index (χ4n) is 2.66. The molecule has 0 saturated carbocycles. The third kappa shape index (κ3) is 4.47. The van der Waals surface area contributed by atoms with E-state index in [0.29, 0.717) is 12.4 Å². The standard InChI is InChI=1S/C21H19F3O5/c1-3-11-27-13-9-10-14-17(12-13)29-20(21(22,23)24)19(18(14)25)28-16-8-6-5-7-15(16)26-4-2/h5-10,12H,3-4,11H2,1-2H3. The van der Waals surface area contributed by atoms with Crippen LogP contribution in [-0.4, -0.2) is 13.2 Å². The lowest BCUT2D eigenvalue weighted by Gasteiger charge is -2.15. The van der Waals surface area contributed by atoms with E-state index in [9.17, 15) is 18.0 Å². The average molecular weight is 408 g/mol. The van der Waals surface area contributed by atoms with Crippen LogP contribution in [0.2, 0.25) is 0 Å². The van der Waals surface area contributed by atoms with Crippen LogP contribution >= 0.6 is 0 Å². The van der Waals surface area contributed by atoms with Gasteiger partial charge in [-0.2, -0.15) is 13.2 Å². The van der Waals surface area contributed by atoms with Gasteiger partial charge in [0.2, 0.25) is 11.2 Å². The SMILES string of the molecule is CCCOc1ccc2c(=O)c(Oc3ccccc3OCC)c(C(F)(F)F)oc2c1. The van der Waals surface area contributed by atoms with Crippen LogP contribution in [0.4, 0.5) is 13.2 Å². The summed E-state index contributed by atoms with van der Waals surface area (Å²) in [5.41, 5.74) is -1.17. The van der Waals surface area contributed by atoms with Crippen molar-refractivity contribution in [2.75, 3.05) is 13.2 Å². The van der Waals surface area contributed by atoms with E-state index in [0.717, 1.165) is 6.42 Å². The first kappa shape index (κ1) is 20.6. The van der Waals surface area contributed by atoms with Crippen LogP contribution < -0.4 is 19.6 Å². The van der Waals surface area contributed by atoms with E-state index in [-0.39, 0.29) is 29.1 Å². The van der Waals surface area contributed by atoms with Gasteiger partial charge in [0.05, 0.1) is 18.6 Å². The summed E-state index contributed by atoms with van der Waals surface area (Å²) in [7, 11) is 0. The Morgan fingerprint density at radius 2 is 1.72 bits per heavy atom. The Morgan fingerprint density at radius 3 is 2.38 bits per heavy atom. The smallest absolute Gasteiger partial charge is 0.453 e. The molecular weight excluding hydrogens is 389 g/mol. The zero-order valence-electron chi connectivity index (χ0n) is 15.8. The summed E-state index contributed by atoms with van der Waals surface area (Å²) >= 11 is 0. The van der Waals surface area contributed by atoms with Crippen molar-refractivity contribution in [3.8, 4) is 23.0 Å². The minimum Gasteiger partial charge on any atom is -0.493 e. The molecule has 0 aliphatic heterocycles. The van der Waals surface area contributed by atoms with Crippen molar-refractivity contribution >= 4 is 11.0 Å². The highest BCUT2D eigenvalue weighted by atomic mass is 19.4.